The highest BCUT2D eigenvalue weighted by atomic mass is 35.5. The van der Waals surface area contributed by atoms with Gasteiger partial charge in [0.25, 0.3) is 5.91 Å². The van der Waals surface area contributed by atoms with Crippen molar-refractivity contribution < 1.29 is 19.2 Å². The van der Waals surface area contributed by atoms with Gasteiger partial charge in [0.1, 0.15) is 11.9 Å². The van der Waals surface area contributed by atoms with Crippen LogP contribution in [0.3, 0.4) is 0 Å². The molecule has 1 aliphatic heterocycles. The molecule has 1 saturated heterocycles. The molecule has 1 aliphatic rings. The number of rotatable bonds is 3. The van der Waals surface area contributed by atoms with Crippen LogP contribution in [0.25, 0.3) is 0 Å². The summed E-state index contributed by atoms with van der Waals surface area (Å²) in [6, 6.07) is 10.2. The molecular formula is C16H12ClFN2O3. The Labute approximate surface area is 136 Å². The number of carbonyl (C=O) groups excluding carboxylic acids is 2. The fraction of sp³-hybridized carbons (Fsp3) is 0.125. The van der Waals surface area contributed by atoms with E-state index in [0.717, 1.165) is 9.96 Å². The second kappa shape index (κ2) is 5.98. The molecule has 1 atom stereocenters. The van der Waals surface area contributed by atoms with Gasteiger partial charge in [0.15, 0.2) is 0 Å². The van der Waals surface area contributed by atoms with Gasteiger partial charge in [-0.25, -0.2) is 14.4 Å². The molecule has 2 aromatic rings. The van der Waals surface area contributed by atoms with Gasteiger partial charge in [0.2, 0.25) is 5.91 Å². The van der Waals surface area contributed by atoms with Crippen molar-refractivity contribution in [2.24, 2.45) is 0 Å². The highest BCUT2D eigenvalue weighted by Gasteiger charge is 2.43. The Bertz CT molecular complexity index is 749. The van der Waals surface area contributed by atoms with Crippen LogP contribution in [0, 0.1) is 5.82 Å². The van der Waals surface area contributed by atoms with E-state index in [0.29, 0.717) is 10.7 Å². The Morgan fingerprint density at radius 3 is 2.30 bits per heavy atom. The fourth-order valence-electron chi connectivity index (χ4n) is 2.44. The van der Waals surface area contributed by atoms with E-state index >= 15 is 0 Å². The van der Waals surface area contributed by atoms with Crippen molar-refractivity contribution in [3.8, 4) is 0 Å². The van der Waals surface area contributed by atoms with Crippen LogP contribution in [0.5, 0.6) is 0 Å². The summed E-state index contributed by atoms with van der Waals surface area (Å²) in [6.07, 6.45) is -0.171. The highest BCUT2D eigenvalue weighted by Crippen LogP contribution is 2.28. The van der Waals surface area contributed by atoms with E-state index in [-0.39, 0.29) is 12.1 Å². The maximum atomic E-state index is 13.0. The lowest BCUT2D eigenvalue weighted by Crippen LogP contribution is -2.40. The molecule has 2 aromatic carbocycles. The first kappa shape index (κ1) is 15.5. The zero-order chi connectivity index (χ0) is 16.6. The molecule has 1 N–H and O–H groups in total. The van der Waals surface area contributed by atoms with E-state index in [4.69, 9.17) is 11.6 Å². The fourth-order valence-corrected chi connectivity index (χ4v) is 2.57. The molecule has 3 rings (SSSR count). The van der Waals surface area contributed by atoms with Crippen molar-refractivity contribution in [3.63, 3.8) is 0 Å². The van der Waals surface area contributed by atoms with E-state index in [1.807, 2.05) is 0 Å². The van der Waals surface area contributed by atoms with E-state index in [1.165, 1.54) is 24.3 Å². The zero-order valence-corrected chi connectivity index (χ0v) is 12.6. The van der Waals surface area contributed by atoms with Crippen molar-refractivity contribution in [3.05, 3.63) is 59.4 Å². The summed E-state index contributed by atoms with van der Waals surface area (Å²) in [7, 11) is 0. The van der Waals surface area contributed by atoms with Crippen molar-refractivity contribution >= 4 is 34.8 Å². The number of carbonyl (C=O) groups is 2. The Hall–Kier alpha value is -2.44. The van der Waals surface area contributed by atoms with Crippen molar-refractivity contribution in [2.45, 2.75) is 12.5 Å². The van der Waals surface area contributed by atoms with Crippen LogP contribution in [0.15, 0.2) is 48.5 Å². The number of benzene rings is 2. The molecule has 1 fully saturated rings. The van der Waals surface area contributed by atoms with E-state index in [1.54, 1.807) is 24.3 Å². The maximum Gasteiger partial charge on any atom is 0.259 e. The van der Waals surface area contributed by atoms with Gasteiger partial charge in [-0.05, 0) is 48.5 Å². The standard InChI is InChI=1S/C16H12ClFN2O3/c17-10-1-5-13(6-2-10)20(23)14-9-15(21)19(16(14)22)12-7-3-11(18)4-8-12/h1-8,14,23H,9H2/t14-/m1/s1. The third-order valence-electron chi connectivity index (χ3n) is 3.59. The third kappa shape index (κ3) is 2.91. The normalized spacial score (nSPS) is 17.7. The second-order valence-electron chi connectivity index (χ2n) is 5.08. The minimum atomic E-state index is -1.03. The lowest BCUT2D eigenvalue weighted by Gasteiger charge is -2.22. The molecule has 1 heterocycles. The first-order valence-electron chi connectivity index (χ1n) is 6.83. The molecule has 2 amide bonds. The Kier molecular flexibility index (Phi) is 4.02. The van der Waals surface area contributed by atoms with Gasteiger partial charge in [-0.2, -0.15) is 0 Å². The number of imide groups is 1. The van der Waals surface area contributed by atoms with Crippen LogP contribution >= 0.6 is 11.6 Å². The SMILES string of the molecule is O=C1C[C@@H](N(O)c2ccc(Cl)cc2)C(=O)N1c1ccc(F)cc1. The monoisotopic (exact) mass is 334 g/mol. The van der Waals surface area contributed by atoms with Crippen LogP contribution in [0.1, 0.15) is 6.42 Å². The first-order chi connectivity index (χ1) is 11.0. The average molecular weight is 335 g/mol. The Balaban J connectivity index is 1.85. The van der Waals surface area contributed by atoms with Crippen LogP contribution in [-0.4, -0.2) is 23.1 Å². The van der Waals surface area contributed by atoms with Gasteiger partial charge in [0.05, 0.1) is 17.8 Å². The summed E-state index contributed by atoms with van der Waals surface area (Å²) < 4.78 is 13.0. The molecule has 0 spiro atoms. The minimum Gasteiger partial charge on any atom is -0.288 e. The molecule has 0 unspecified atom stereocenters. The molecule has 118 valence electrons. The van der Waals surface area contributed by atoms with Gasteiger partial charge in [-0.1, -0.05) is 11.6 Å². The molecule has 0 saturated carbocycles. The lowest BCUT2D eigenvalue weighted by molar-refractivity contribution is -0.121. The quantitative estimate of drug-likeness (QED) is 0.692. The van der Waals surface area contributed by atoms with Crippen LogP contribution in [0.2, 0.25) is 5.02 Å². The zero-order valence-electron chi connectivity index (χ0n) is 11.8. The number of hydrogen-bond acceptors (Lipinski definition) is 4. The summed E-state index contributed by atoms with van der Waals surface area (Å²) in [6.45, 7) is 0. The van der Waals surface area contributed by atoms with E-state index in [9.17, 15) is 19.2 Å². The lowest BCUT2D eigenvalue weighted by atomic mass is 10.2. The van der Waals surface area contributed by atoms with Gasteiger partial charge in [0, 0.05) is 5.02 Å². The summed E-state index contributed by atoms with van der Waals surface area (Å²) >= 11 is 5.78. The van der Waals surface area contributed by atoms with E-state index < -0.39 is 23.7 Å². The molecule has 5 nitrogen and oxygen atoms in total. The highest BCUT2D eigenvalue weighted by molar-refractivity contribution is 6.30. The van der Waals surface area contributed by atoms with Crippen molar-refractivity contribution in [1.82, 2.24) is 0 Å². The first-order valence-corrected chi connectivity index (χ1v) is 7.21. The van der Waals surface area contributed by atoms with Crippen molar-refractivity contribution in [2.75, 3.05) is 9.96 Å². The molecular weight excluding hydrogens is 323 g/mol. The van der Waals surface area contributed by atoms with Gasteiger partial charge in [-0.15, -0.1) is 0 Å². The van der Waals surface area contributed by atoms with Crippen LogP contribution in [-0.2, 0) is 9.59 Å². The Morgan fingerprint density at radius 2 is 1.70 bits per heavy atom. The number of halogens is 2. The minimum absolute atomic E-state index is 0.171. The van der Waals surface area contributed by atoms with E-state index in [2.05, 4.69) is 0 Å². The summed E-state index contributed by atoms with van der Waals surface area (Å²) in [4.78, 5) is 25.5. The summed E-state index contributed by atoms with van der Waals surface area (Å²) in [5.41, 5.74) is 0.620. The predicted octanol–water partition coefficient (Wildman–Crippen LogP) is 3.01. The molecule has 0 aromatic heterocycles. The molecule has 0 bridgehead atoms. The average Bonchev–Trinajstić information content (AvgIpc) is 2.83. The number of amides is 2. The largest absolute Gasteiger partial charge is 0.288 e. The summed E-state index contributed by atoms with van der Waals surface area (Å²) in [5.74, 6) is -1.49. The van der Waals surface area contributed by atoms with Gasteiger partial charge in [-0.3, -0.25) is 14.8 Å². The van der Waals surface area contributed by atoms with Gasteiger partial charge < -0.3 is 0 Å². The summed E-state index contributed by atoms with van der Waals surface area (Å²) in [5, 5.41) is 11.5. The van der Waals surface area contributed by atoms with Crippen LogP contribution in [0.4, 0.5) is 15.8 Å². The maximum absolute atomic E-state index is 13.0. The molecule has 23 heavy (non-hydrogen) atoms. The second-order valence-corrected chi connectivity index (χ2v) is 5.52. The number of anilines is 2. The number of hydroxylamine groups is 1. The Morgan fingerprint density at radius 1 is 1.09 bits per heavy atom. The predicted molar refractivity (Wildman–Crippen MR) is 83.0 cm³/mol. The smallest absolute Gasteiger partial charge is 0.259 e. The van der Waals surface area contributed by atoms with Crippen molar-refractivity contribution in [1.29, 1.82) is 0 Å². The third-order valence-corrected chi connectivity index (χ3v) is 3.85. The van der Waals surface area contributed by atoms with Gasteiger partial charge >= 0.3 is 0 Å². The number of hydrogen-bond donors (Lipinski definition) is 1. The topological polar surface area (TPSA) is 60.9 Å². The molecule has 0 aliphatic carbocycles. The van der Waals surface area contributed by atoms with Crippen LogP contribution < -0.4 is 9.96 Å². The molecule has 0 radical (unpaired) electrons. The molecule has 7 heteroatoms. The number of nitrogens with zero attached hydrogens (tertiary/aromatic N) is 2.